The van der Waals surface area contributed by atoms with Crippen molar-refractivity contribution in [3.05, 3.63) is 35.4 Å². The fourth-order valence-corrected chi connectivity index (χ4v) is 1.97. The molecule has 2 aromatic heterocycles. The Morgan fingerprint density at radius 2 is 2.24 bits per heavy atom. The first kappa shape index (κ1) is 14.8. The number of nitrogens with two attached hydrogens (primary N) is 1. The van der Waals surface area contributed by atoms with Crippen LogP contribution in [0.5, 0.6) is 5.88 Å². The summed E-state index contributed by atoms with van der Waals surface area (Å²) in [5.74, 6) is 0.951. The molecule has 0 fully saturated rings. The number of carbonyl (C=O) groups is 1. The molecule has 0 unspecified atom stereocenters. The van der Waals surface area contributed by atoms with Crippen LogP contribution in [0.2, 0.25) is 0 Å². The summed E-state index contributed by atoms with van der Waals surface area (Å²) in [6, 6.07) is 3.66. The van der Waals surface area contributed by atoms with Crippen LogP contribution in [0.25, 0.3) is 0 Å². The van der Waals surface area contributed by atoms with E-state index in [9.17, 15) is 4.79 Å². The summed E-state index contributed by atoms with van der Waals surface area (Å²) in [7, 11) is 1.56. The van der Waals surface area contributed by atoms with Crippen molar-refractivity contribution in [1.82, 2.24) is 14.5 Å². The van der Waals surface area contributed by atoms with Crippen LogP contribution in [0.3, 0.4) is 0 Å². The predicted octanol–water partition coefficient (Wildman–Crippen LogP) is 1.40. The highest BCUT2D eigenvalue weighted by Gasteiger charge is 2.19. The molecule has 0 bridgehead atoms. The van der Waals surface area contributed by atoms with Crippen molar-refractivity contribution in [1.29, 1.82) is 0 Å². The van der Waals surface area contributed by atoms with Gasteiger partial charge in [-0.3, -0.25) is 0 Å². The summed E-state index contributed by atoms with van der Waals surface area (Å²) < 4.78 is 11.8. The summed E-state index contributed by atoms with van der Waals surface area (Å²) in [4.78, 5) is 20.0. The number of carbonyl (C=O) groups excluding carboxylic acids is 1. The predicted molar refractivity (Wildman–Crippen MR) is 77.2 cm³/mol. The lowest BCUT2D eigenvalue weighted by atomic mass is 10.2. The number of hydrogen-bond donors (Lipinski definition) is 1. The second kappa shape index (κ2) is 6.25. The third kappa shape index (κ3) is 3.13. The van der Waals surface area contributed by atoms with Gasteiger partial charge in [0.15, 0.2) is 5.69 Å². The van der Waals surface area contributed by atoms with Crippen LogP contribution < -0.4 is 10.5 Å². The molecular formula is C14H18N4O3. The number of imidazole rings is 1. The molecule has 0 spiro atoms. The van der Waals surface area contributed by atoms with Crippen LogP contribution in [0.15, 0.2) is 18.3 Å². The van der Waals surface area contributed by atoms with E-state index in [1.165, 1.54) is 0 Å². The number of hydrogen-bond acceptors (Lipinski definition) is 6. The number of ether oxygens (including phenoxy) is 2. The molecule has 21 heavy (non-hydrogen) atoms. The maximum atomic E-state index is 11.8. The SMILES string of the molecule is CCOC(=O)c1nc(C)n(Cc2ccnc(OC)c2)c1N. The minimum atomic E-state index is -0.510. The van der Waals surface area contributed by atoms with Crippen molar-refractivity contribution >= 4 is 11.8 Å². The zero-order valence-electron chi connectivity index (χ0n) is 12.3. The third-order valence-corrected chi connectivity index (χ3v) is 3.02. The van der Waals surface area contributed by atoms with E-state index >= 15 is 0 Å². The number of aryl methyl sites for hydroxylation is 1. The van der Waals surface area contributed by atoms with Gasteiger partial charge in [0.2, 0.25) is 5.88 Å². The molecule has 2 aromatic rings. The van der Waals surface area contributed by atoms with E-state index in [2.05, 4.69) is 9.97 Å². The van der Waals surface area contributed by atoms with Gasteiger partial charge in [-0.2, -0.15) is 0 Å². The highest BCUT2D eigenvalue weighted by atomic mass is 16.5. The average molecular weight is 290 g/mol. The lowest BCUT2D eigenvalue weighted by Gasteiger charge is -2.08. The molecule has 0 saturated heterocycles. The molecular weight excluding hydrogens is 272 g/mol. The summed E-state index contributed by atoms with van der Waals surface area (Å²) in [6.07, 6.45) is 1.66. The topological polar surface area (TPSA) is 92.3 Å². The Kier molecular flexibility index (Phi) is 4.42. The molecule has 0 aliphatic heterocycles. The molecule has 0 amide bonds. The molecule has 2 heterocycles. The lowest BCUT2D eigenvalue weighted by molar-refractivity contribution is 0.0521. The lowest BCUT2D eigenvalue weighted by Crippen LogP contribution is -2.11. The van der Waals surface area contributed by atoms with Crippen LogP contribution in [0, 0.1) is 6.92 Å². The van der Waals surface area contributed by atoms with E-state index in [-0.39, 0.29) is 12.3 Å². The molecule has 7 nitrogen and oxygen atoms in total. The van der Waals surface area contributed by atoms with Crippen LogP contribution in [0.4, 0.5) is 5.82 Å². The minimum Gasteiger partial charge on any atom is -0.481 e. The Labute approximate surface area is 122 Å². The second-order valence-corrected chi connectivity index (χ2v) is 4.41. The monoisotopic (exact) mass is 290 g/mol. The summed E-state index contributed by atoms with van der Waals surface area (Å²) in [6.45, 7) is 4.29. The molecule has 2 rings (SSSR count). The van der Waals surface area contributed by atoms with E-state index in [4.69, 9.17) is 15.2 Å². The Morgan fingerprint density at radius 3 is 2.90 bits per heavy atom. The maximum Gasteiger partial charge on any atom is 0.360 e. The summed E-state index contributed by atoms with van der Waals surface area (Å²) in [5.41, 5.74) is 7.10. The van der Waals surface area contributed by atoms with E-state index in [1.54, 1.807) is 31.7 Å². The first-order valence-corrected chi connectivity index (χ1v) is 6.55. The number of aromatic nitrogens is 3. The Bertz CT molecular complexity index is 652. The molecule has 7 heteroatoms. The van der Waals surface area contributed by atoms with Gasteiger partial charge in [0.05, 0.1) is 20.3 Å². The van der Waals surface area contributed by atoms with Crippen molar-refractivity contribution in [3.63, 3.8) is 0 Å². The first-order valence-electron chi connectivity index (χ1n) is 6.55. The molecule has 112 valence electrons. The Morgan fingerprint density at radius 1 is 1.48 bits per heavy atom. The summed E-state index contributed by atoms with van der Waals surface area (Å²) in [5, 5.41) is 0. The number of methoxy groups -OCH3 is 1. The van der Waals surface area contributed by atoms with Gasteiger partial charge in [-0.25, -0.2) is 14.8 Å². The number of anilines is 1. The van der Waals surface area contributed by atoms with E-state index in [0.29, 0.717) is 24.1 Å². The molecule has 0 aliphatic rings. The van der Waals surface area contributed by atoms with Crippen molar-refractivity contribution < 1.29 is 14.3 Å². The van der Waals surface area contributed by atoms with Crippen molar-refractivity contribution in [2.45, 2.75) is 20.4 Å². The largest absolute Gasteiger partial charge is 0.481 e. The first-order chi connectivity index (χ1) is 10.1. The van der Waals surface area contributed by atoms with E-state index in [1.807, 2.05) is 12.1 Å². The van der Waals surface area contributed by atoms with Crippen LogP contribution >= 0.6 is 0 Å². The fraction of sp³-hybridized carbons (Fsp3) is 0.357. The highest BCUT2D eigenvalue weighted by Crippen LogP contribution is 2.18. The molecule has 0 aliphatic carbocycles. The third-order valence-electron chi connectivity index (χ3n) is 3.02. The van der Waals surface area contributed by atoms with Gasteiger partial charge in [0.1, 0.15) is 11.6 Å². The zero-order valence-corrected chi connectivity index (χ0v) is 12.3. The molecule has 0 saturated carbocycles. The van der Waals surface area contributed by atoms with Gasteiger partial charge in [0, 0.05) is 12.3 Å². The van der Waals surface area contributed by atoms with E-state index in [0.717, 1.165) is 5.56 Å². The Hall–Kier alpha value is -2.57. The van der Waals surface area contributed by atoms with Crippen molar-refractivity contribution in [2.75, 3.05) is 19.5 Å². The van der Waals surface area contributed by atoms with Crippen molar-refractivity contribution in [2.24, 2.45) is 0 Å². The molecule has 0 aromatic carbocycles. The van der Waals surface area contributed by atoms with Gasteiger partial charge >= 0.3 is 5.97 Å². The number of esters is 1. The van der Waals surface area contributed by atoms with Gasteiger partial charge in [0.25, 0.3) is 0 Å². The van der Waals surface area contributed by atoms with Gasteiger partial charge < -0.3 is 19.8 Å². The number of pyridine rings is 1. The van der Waals surface area contributed by atoms with Crippen LogP contribution in [-0.2, 0) is 11.3 Å². The highest BCUT2D eigenvalue weighted by molar-refractivity contribution is 5.92. The molecule has 0 radical (unpaired) electrons. The zero-order chi connectivity index (χ0) is 15.4. The minimum absolute atomic E-state index is 0.148. The average Bonchev–Trinajstić information content (AvgIpc) is 2.76. The van der Waals surface area contributed by atoms with Gasteiger partial charge in [-0.05, 0) is 25.5 Å². The van der Waals surface area contributed by atoms with Crippen LogP contribution in [0.1, 0.15) is 28.8 Å². The maximum absolute atomic E-state index is 11.8. The quantitative estimate of drug-likeness (QED) is 0.837. The smallest absolute Gasteiger partial charge is 0.360 e. The van der Waals surface area contributed by atoms with E-state index < -0.39 is 5.97 Å². The van der Waals surface area contributed by atoms with Gasteiger partial charge in [-0.15, -0.1) is 0 Å². The number of nitrogens with zero attached hydrogens (tertiary/aromatic N) is 3. The van der Waals surface area contributed by atoms with Crippen molar-refractivity contribution in [3.8, 4) is 5.88 Å². The fourth-order valence-electron chi connectivity index (χ4n) is 1.97. The number of nitrogen functional groups attached to an aromatic ring is 1. The van der Waals surface area contributed by atoms with Gasteiger partial charge in [-0.1, -0.05) is 0 Å². The normalized spacial score (nSPS) is 10.4. The molecule has 2 N–H and O–H groups in total. The Balaban J connectivity index is 2.30. The molecule has 0 atom stereocenters. The standard InChI is InChI=1S/C14H18N4O3/c1-4-21-14(19)12-13(15)18(9(2)17-12)8-10-5-6-16-11(7-10)20-3/h5-7H,4,8,15H2,1-3H3. The summed E-state index contributed by atoms with van der Waals surface area (Å²) >= 11 is 0. The van der Waals surface area contributed by atoms with Crippen LogP contribution in [-0.4, -0.2) is 34.2 Å². The second-order valence-electron chi connectivity index (χ2n) is 4.41. The number of rotatable bonds is 5.